The first-order chi connectivity index (χ1) is 12.0. The second-order valence-electron chi connectivity index (χ2n) is 5.83. The molecule has 7 nitrogen and oxygen atoms in total. The fraction of sp³-hybridized carbons (Fsp3) is 0.389. The van der Waals surface area contributed by atoms with Crippen LogP contribution in [0.3, 0.4) is 0 Å². The van der Waals surface area contributed by atoms with Gasteiger partial charge in [-0.3, -0.25) is 0 Å². The van der Waals surface area contributed by atoms with Gasteiger partial charge in [0.15, 0.2) is 17.4 Å². The molecule has 0 atom stereocenters. The second-order valence-corrected chi connectivity index (χ2v) is 5.83. The first-order valence-electron chi connectivity index (χ1n) is 8.01. The van der Waals surface area contributed by atoms with E-state index in [0.29, 0.717) is 29.9 Å². The van der Waals surface area contributed by atoms with Gasteiger partial charge in [0, 0.05) is 6.92 Å². The highest BCUT2D eigenvalue weighted by atomic mass is 16.5. The van der Waals surface area contributed by atoms with Gasteiger partial charge in [-0.25, -0.2) is 10.4 Å². The quantitative estimate of drug-likeness (QED) is 0.580. The Morgan fingerprint density at radius 3 is 2.88 bits per heavy atom. The lowest BCUT2D eigenvalue weighted by atomic mass is 10.1. The van der Waals surface area contributed by atoms with E-state index in [1.165, 1.54) is 0 Å². The molecule has 2 rings (SSSR count). The number of methoxy groups -OCH3 is 1. The first kappa shape index (κ1) is 18.3. The van der Waals surface area contributed by atoms with Crippen molar-refractivity contribution in [2.75, 3.05) is 19.1 Å². The average Bonchev–Trinajstić information content (AvgIpc) is 2.95. The molecule has 1 aromatic carbocycles. The predicted molar refractivity (Wildman–Crippen MR) is 95.1 cm³/mol. The van der Waals surface area contributed by atoms with E-state index in [1.807, 2.05) is 24.3 Å². The van der Waals surface area contributed by atoms with Gasteiger partial charge >= 0.3 is 0 Å². The number of nitriles is 1. The van der Waals surface area contributed by atoms with Crippen LogP contribution in [-0.4, -0.2) is 24.9 Å². The van der Waals surface area contributed by atoms with Gasteiger partial charge in [-0.05, 0) is 36.1 Å². The van der Waals surface area contributed by atoms with Crippen molar-refractivity contribution >= 4 is 12.1 Å². The van der Waals surface area contributed by atoms with E-state index in [9.17, 15) is 0 Å². The Labute approximate surface area is 147 Å². The zero-order chi connectivity index (χ0) is 18.2. The Kier molecular flexibility index (Phi) is 6.40. The monoisotopic (exact) mass is 342 g/mol. The van der Waals surface area contributed by atoms with Crippen LogP contribution in [0.25, 0.3) is 0 Å². The summed E-state index contributed by atoms with van der Waals surface area (Å²) in [6, 6.07) is 7.48. The number of ether oxygens (including phenoxy) is 2. The number of rotatable bonds is 8. The van der Waals surface area contributed by atoms with Crippen molar-refractivity contribution in [2.24, 2.45) is 11.0 Å². The van der Waals surface area contributed by atoms with Gasteiger partial charge in [0.2, 0.25) is 5.69 Å². The summed E-state index contributed by atoms with van der Waals surface area (Å²) in [6.45, 7) is 6.62. The summed E-state index contributed by atoms with van der Waals surface area (Å²) in [7, 11) is 1.60. The Bertz CT molecular complexity index is 775. The fourth-order valence-corrected chi connectivity index (χ4v) is 2.03. The molecular formula is C18H22N4O3. The smallest absolute Gasteiger partial charge is 0.252 e. The van der Waals surface area contributed by atoms with E-state index in [0.717, 1.165) is 12.0 Å². The maximum Gasteiger partial charge on any atom is 0.252 e. The summed E-state index contributed by atoms with van der Waals surface area (Å²) in [5.74, 6) is 2.55. The molecule has 1 aromatic heterocycles. The minimum Gasteiger partial charge on any atom is -0.493 e. The maximum absolute atomic E-state index is 8.96. The Balaban J connectivity index is 2.03. The summed E-state index contributed by atoms with van der Waals surface area (Å²) in [5.41, 5.74) is 3.66. The normalized spacial score (nSPS) is 10.9. The maximum atomic E-state index is 8.96. The zero-order valence-electron chi connectivity index (χ0n) is 14.9. The number of nitrogens with one attached hydrogen (secondary N) is 1. The van der Waals surface area contributed by atoms with Crippen LogP contribution in [0.2, 0.25) is 0 Å². The van der Waals surface area contributed by atoms with Gasteiger partial charge in [0.1, 0.15) is 6.07 Å². The predicted octanol–water partition coefficient (Wildman–Crippen LogP) is 3.73. The molecule has 132 valence electrons. The molecule has 0 unspecified atom stereocenters. The minimum atomic E-state index is 0.168. The van der Waals surface area contributed by atoms with E-state index in [2.05, 4.69) is 29.4 Å². The van der Waals surface area contributed by atoms with E-state index >= 15 is 0 Å². The standard InChI is InChI=1S/C18H22N4O3/c1-12(2)7-8-24-16-6-5-14(9-17(16)23-4)11-20-22-18-15(10-19)21-13(3)25-18/h5-6,9,11-12,22H,7-8H2,1-4H3/b20-11+. The van der Waals surface area contributed by atoms with Gasteiger partial charge in [0.05, 0.1) is 19.9 Å². The molecule has 0 aliphatic carbocycles. The molecule has 0 saturated carbocycles. The zero-order valence-corrected chi connectivity index (χ0v) is 14.9. The molecule has 0 spiro atoms. The highest BCUT2D eigenvalue weighted by molar-refractivity contribution is 5.81. The molecule has 2 aromatic rings. The fourth-order valence-electron chi connectivity index (χ4n) is 2.03. The van der Waals surface area contributed by atoms with Crippen molar-refractivity contribution in [3.8, 4) is 17.6 Å². The molecular weight excluding hydrogens is 320 g/mol. The van der Waals surface area contributed by atoms with Crippen LogP contribution in [0, 0.1) is 24.2 Å². The van der Waals surface area contributed by atoms with Crippen LogP contribution in [0.15, 0.2) is 27.7 Å². The average molecular weight is 342 g/mol. The van der Waals surface area contributed by atoms with Gasteiger partial charge in [-0.15, -0.1) is 0 Å². The van der Waals surface area contributed by atoms with E-state index in [4.69, 9.17) is 19.2 Å². The number of hydrogen-bond donors (Lipinski definition) is 1. The van der Waals surface area contributed by atoms with Crippen LogP contribution >= 0.6 is 0 Å². The molecule has 1 heterocycles. The number of hydrazone groups is 1. The molecule has 0 amide bonds. The van der Waals surface area contributed by atoms with Crippen molar-refractivity contribution in [3.05, 3.63) is 35.3 Å². The second kappa shape index (κ2) is 8.73. The molecule has 0 radical (unpaired) electrons. The summed E-state index contributed by atoms with van der Waals surface area (Å²) in [5, 5.41) is 13.0. The number of nitrogens with zero attached hydrogens (tertiary/aromatic N) is 3. The SMILES string of the molecule is COc1cc(/C=N/Nc2oc(C)nc2C#N)ccc1OCCC(C)C. The van der Waals surface area contributed by atoms with Crippen molar-refractivity contribution < 1.29 is 13.9 Å². The van der Waals surface area contributed by atoms with Gasteiger partial charge in [0.25, 0.3) is 5.88 Å². The van der Waals surface area contributed by atoms with Gasteiger partial charge < -0.3 is 13.9 Å². The minimum absolute atomic E-state index is 0.168. The van der Waals surface area contributed by atoms with Crippen LogP contribution < -0.4 is 14.9 Å². The summed E-state index contributed by atoms with van der Waals surface area (Å²) in [6.07, 6.45) is 2.58. The summed E-state index contributed by atoms with van der Waals surface area (Å²) >= 11 is 0. The van der Waals surface area contributed by atoms with E-state index < -0.39 is 0 Å². The largest absolute Gasteiger partial charge is 0.493 e. The molecule has 0 fully saturated rings. The third-order valence-electron chi connectivity index (χ3n) is 3.36. The van der Waals surface area contributed by atoms with Crippen molar-refractivity contribution in [3.63, 3.8) is 0 Å². The third kappa shape index (κ3) is 5.24. The van der Waals surface area contributed by atoms with E-state index in [1.54, 1.807) is 20.2 Å². The third-order valence-corrected chi connectivity index (χ3v) is 3.36. The molecule has 0 saturated heterocycles. The molecule has 0 aliphatic rings. The Morgan fingerprint density at radius 2 is 2.20 bits per heavy atom. The van der Waals surface area contributed by atoms with Crippen LogP contribution in [-0.2, 0) is 0 Å². The topological polar surface area (TPSA) is 92.7 Å². The van der Waals surface area contributed by atoms with Gasteiger partial charge in [-0.1, -0.05) is 13.8 Å². The Hall–Kier alpha value is -3.01. The van der Waals surface area contributed by atoms with Crippen molar-refractivity contribution in [2.45, 2.75) is 27.2 Å². The van der Waals surface area contributed by atoms with Crippen molar-refractivity contribution in [1.82, 2.24) is 4.98 Å². The Morgan fingerprint density at radius 1 is 1.40 bits per heavy atom. The van der Waals surface area contributed by atoms with Crippen molar-refractivity contribution in [1.29, 1.82) is 5.26 Å². The number of anilines is 1. The van der Waals surface area contributed by atoms with E-state index in [-0.39, 0.29) is 11.6 Å². The molecule has 0 bridgehead atoms. The number of aryl methyl sites for hydroxylation is 1. The number of oxazole rings is 1. The highest BCUT2D eigenvalue weighted by Gasteiger charge is 2.09. The summed E-state index contributed by atoms with van der Waals surface area (Å²) in [4.78, 5) is 3.93. The lowest BCUT2D eigenvalue weighted by molar-refractivity contribution is 0.273. The molecule has 25 heavy (non-hydrogen) atoms. The molecule has 0 aliphatic heterocycles. The van der Waals surface area contributed by atoms with Gasteiger partial charge in [-0.2, -0.15) is 10.4 Å². The highest BCUT2D eigenvalue weighted by Crippen LogP contribution is 2.28. The first-order valence-corrected chi connectivity index (χ1v) is 8.01. The lowest BCUT2D eigenvalue weighted by Gasteiger charge is -2.12. The van der Waals surface area contributed by atoms with Crippen LogP contribution in [0.4, 0.5) is 5.88 Å². The van der Waals surface area contributed by atoms with Crippen LogP contribution in [0.5, 0.6) is 11.5 Å². The number of aromatic nitrogens is 1. The lowest BCUT2D eigenvalue weighted by Crippen LogP contribution is -2.03. The number of hydrogen-bond acceptors (Lipinski definition) is 7. The van der Waals surface area contributed by atoms with Crippen LogP contribution in [0.1, 0.15) is 37.4 Å². The molecule has 7 heteroatoms. The summed E-state index contributed by atoms with van der Waals surface area (Å²) < 4.78 is 16.4. The molecule has 1 N–H and O–H groups in total. The number of benzene rings is 1.